The van der Waals surface area contributed by atoms with E-state index >= 15 is 0 Å². The van der Waals surface area contributed by atoms with Gasteiger partial charge in [0.1, 0.15) is 11.4 Å². The summed E-state index contributed by atoms with van der Waals surface area (Å²) in [6.45, 7) is 0. The standard InChI is InChI=1S/C71H44N6S/c1-2-23-45(24-3-1)73-60-39-17-19-41-62(60)77(63-42-20-18-40-61(63)73)71-69(75-56-35-13-6-27-48(56)49-28-7-14-36-57(49)75)67(53-32-22-44-65-66(53)52-31-10-21-43-64(52)78-65)68(74-54-33-11-4-25-46(54)47-26-5-12-34-55(47)74)70(72-71)76-58-37-15-8-29-50(58)51-30-9-16-38-59(51)76/h1-44H. The maximum absolute atomic E-state index is 6.52. The van der Waals surface area contributed by atoms with Gasteiger partial charge in [0.25, 0.3) is 0 Å². The summed E-state index contributed by atoms with van der Waals surface area (Å²) in [7, 11) is 0. The van der Waals surface area contributed by atoms with E-state index in [1.807, 2.05) is 11.3 Å². The molecule has 6 nitrogen and oxygen atoms in total. The summed E-state index contributed by atoms with van der Waals surface area (Å²) < 4.78 is 10.00. The number of para-hydroxylation sites is 11. The molecule has 0 radical (unpaired) electrons. The van der Waals surface area contributed by atoms with E-state index < -0.39 is 0 Å². The Morgan fingerprint density at radius 2 is 0.628 bits per heavy atom. The molecule has 0 unspecified atom stereocenters. The summed E-state index contributed by atoms with van der Waals surface area (Å²) in [6.07, 6.45) is 0. The summed E-state index contributed by atoms with van der Waals surface area (Å²) >= 11 is 1.85. The van der Waals surface area contributed by atoms with Gasteiger partial charge in [0.05, 0.1) is 55.8 Å². The minimum Gasteiger partial charge on any atom is -0.306 e. The average molecular weight is 1010 g/mol. The van der Waals surface area contributed by atoms with Crippen LogP contribution in [-0.2, 0) is 0 Å². The first kappa shape index (κ1) is 43.1. The van der Waals surface area contributed by atoms with E-state index in [4.69, 9.17) is 4.98 Å². The van der Waals surface area contributed by atoms with Crippen LogP contribution in [0.3, 0.4) is 0 Å². The predicted octanol–water partition coefficient (Wildman–Crippen LogP) is 19.7. The van der Waals surface area contributed by atoms with Gasteiger partial charge < -0.3 is 14.0 Å². The number of hydrogen-bond acceptors (Lipinski definition) is 4. The Kier molecular flexibility index (Phi) is 9.19. The van der Waals surface area contributed by atoms with E-state index in [1.54, 1.807) is 0 Å². The van der Waals surface area contributed by atoms with Crippen LogP contribution in [0.2, 0.25) is 0 Å². The lowest BCUT2D eigenvalue weighted by Gasteiger charge is -2.41. The number of rotatable bonds is 6. The maximum atomic E-state index is 6.52. The van der Waals surface area contributed by atoms with Crippen molar-refractivity contribution >= 4 is 131 Å². The second-order valence-electron chi connectivity index (χ2n) is 20.2. The molecule has 1 aliphatic heterocycles. The molecule has 78 heavy (non-hydrogen) atoms. The van der Waals surface area contributed by atoms with Crippen molar-refractivity contribution in [2.24, 2.45) is 0 Å². The Balaban J connectivity index is 1.18. The molecule has 0 spiro atoms. The molecule has 1 aliphatic rings. The van der Waals surface area contributed by atoms with Crippen molar-refractivity contribution in [3.8, 4) is 28.3 Å². The van der Waals surface area contributed by atoms with Gasteiger partial charge in [0.15, 0.2) is 11.6 Å². The van der Waals surface area contributed by atoms with Crippen LogP contribution in [0.5, 0.6) is 0 Å². The third kappa shape index (κ3) is 5.99. The number of fused-ring (bicyclic) bond motifs is 14. The second kappa shape index (κ2) is 16.6. The molecule has 0 aliphatic carbocycles. The van der Waals surface area contributed by atoms with Crippen LogP contribution in [0.25, 0.3) is 114 Å². The van der Waals surface area contributed by atoms with Crippen molar-refractivity contribution in [2.45, 2.75) is 0 Å². The first-order valence-corrected chi connectivity index (χ1v) is 27.4. The third-order valence-corrected chi connectivity index (χ3v) is 17.3. The van der Waals surface area contributed by atoms with Gasteiger partial charge in [-0.3, -0.25) is 9.47 Å². The van der Waals surface area contributed by atoms with E-state index in [0.29, 0.717) is 0 Å². The summed E-state index contributed by atoms with van der Waals surface area (Å²) in [5.41, 5.74) is 15.8. The molecule has 0 saturated carbocycles. The Hall–Kier alpha value is -10.2. The zero-order valence-electron chi connectivity index (χ0n) is 42.0. The first-order valence-electron chi connectivity index (χ1n) is 26.6. The van der Waals surface area contributed by atoms with E-state index in [9.17, 15) is 0 Å². The molecule has 0 saturated heterocycles. The van der Waals surface area contributed by atoms with Gasteiger partial charge in [0.2, 0.25) is 0 Å². The molecule has 0 bridgehead atoms. The smallest absolute Gasteiger partial charge is 0.165 e. The zero-order chi connectivity index (χ0) is 51.0. The van der Waals surface area contributed by atoms with Crippen LogP contribution in [0.4, 0.5) is 34.3 Å². The number of benzene rings is 11. The van der Waals surface area contributed by atoms with Gasteiger partial charge in [-0.15, -0.1) is 11.3 Å². The lowest BCUT2D eigenvalue weighted by Crippen LogP contribution is -2.26. The van der Waals surface area contributed by atoms with Crippen molar-refractivity contribution in [2.75, 3.05) is 9.80 Å². The fourth-order valence-electron chi connectivity index (χ4n) is 13.0. The Morgan fingerprint density at radius 1 is 0.269 bits per heavy atom. The molecule has 0 amide bonds. The van der Waals surface area contributed by atoms with Crippen LogP contribution >= 0.6 is 11.3 Å². The topological polar surface area (TPSA) is 34.2 Å². The first-order chi connectivity index (χ1) is 38.8. The molecule has 11 aromatic carbocycles. The predicted molar refractivity (Wildman–Crippen MR) is 329 cm³/mol. The van der Waals surface area contributed by atoms with Crippen LogP contribution < -0.4 is 9.80 Å². The molecule has 16 aromatic rings. The summed E-state index contributed by atoms with van der Waals surface area (Å²) in [6, 6.07) is 97.7. The molecule has 7 heteroatoms. The van der Waals surface area contributed by atoms with Crippen LogP contribution in [0, 0.1) is 0 Å². The Morgan fingerprint density at radius 3 is 1.10 bits per heavy atom. The molecule has 0 N–H and O–H groups in total. The minimum absolute atomic E-state index is 0.794. The molecule has 6 heterocycles. The molecule has 5 aromatic heterocycles. The van der Waals surface area contributed by atoms with E-state index in [-0.39, 0.29) is 0 Å². The normalized spacial score (nSPS) is 12.6. The number of thiophene rings is 1. The highest BCUT2D eigenvalue weighted by molar-refractivity contribution is 7.26. The zero-order valence-corrected chi connectivity index (χ0v) is 42.8. The third-order valence-electron chi connectivity index (χ3n) is 16.1. The SMILES string of the molecule is c1ccc(N2c3ccccc3N(c3nc(-n4c5ccccc5c5ccccc54)c(-n4c5ccccc5c5ccccc54)c(-c4cccc5sc6ccccc6c45)c3-n3c4ccccc4c4ccccc43)c3ccccc32)cc1. The lowest BCUT2D eigenvalue weighted by molar-refractivity contribution is 0.992. The molecule has 0 atom stereocenters. The van der Waals surface area contributed by atoms with Crippen molar-refractivity contribution < 1.29 is 0 Å². The largest absolute Gasteiger partial charge is 0.306 e. The molecule has 17 rings (SSSR count). The van der Waals surface area contributed by atoms with Crippen molar-refractivity contribution in [3.05, 3.63) is 267 Å². The number of aromatic nitrogens is 4. The highest BCUT2D eigenvalue weighted by Gasteiger charge is 2.38. The van der Waals surface area contributed by atoms with E-state index in [1.165, 1.54) is 41.7 Å². The van der Waals surface area contributed by atoms with Gasteiger partial charge in [-0.2, -0.15) is 0 Å². The summed E-state index contributed by atoms with van der Waals surface area (Å²) in [5.74, 6) is 1.60. The highest BCUT2D eigenvalue weighted by atomic mass is 32.1. The summed E-state index contributed by atoms with van der Waals surface area (Å²) in [5, 5.41) is 9.45. The van der Waals surface area contributed by atoms with E-state index in [0.717, 1.165) is 106 Å². The molecule has 0 fully saturated rings. The molecular weight excluding hydrogens is 969 g/mol. The van der Waals surface area contributed by atoms with E-state index in [2.05, 4.69) is 290 Å². The number of pyridine rings is 1. The van der Waals surface area contributed by atoms with Gasteiger partial charge in [-0.25, -0.2) is 4.98 Å². The van der Waals surface area contributed by atoms with Gasteiger partial charge in [-0.05, 0) is 90.5 Å². The second-order valence-corrected chi connectivity index (χ2v) is 21.3. The van der Waals surface area contributed by atoms with Crippen molar-refractivity contribution in [1.29, 1.82) is 0 Å². The summed E-state index contributed by atoms with van der Waals surface area (Å²) in [4.78, 5) is 11.4. The maximum Gasteiger partial charge on any atom is 0.165 e. The Labute approximate surface area is 452 Å². The monoisotopic (exact) mass is 1010 g/mol. The number of anilines is 6. The fraction of sp³-hybridized carbons (Fsp3) is 0. The average Bonchev–Trinajstić information content (AvgIpc) is 4.28. The van der Waals surface area contributed by atoms with Crippen LogP contribution in [-0.4, -0.2) is 18.7 Å². The quantitative estimate of drug-likeness (QED) is 0.166. The Bertz CT molecular complexity index is 4930. The van der Waals surface area contributed by atoms with Crippen molar-refractivity contribution in [3.63, 3.8) is 0 Å². The minimum atomic E-state index is 0.794. The van der Waals surface area contributed by atoms with Crippen molar-refractivity contribution in [1.82, 2.24) is 18.7 Å². The van der Waals surface area contributed by atoms with Gasteiger partial charge in [-0.1, -0.05) is 182 Å². The molecule has 364 valence electrons. The lowest BCUT2D eigenvalue weighted by atomic mass is 9.95. The van der Waals surface area contributed by atoms with Crippen LogP contribution in [0.15, 0.2) is 267 Å². The van der Waals surface area contributed by atoms with Crippen LogP contribution in [0.1, 0.15) is 0 Å². The van der Waals surface area contributed by atoms with Gasteiger partial charge in [0, 0.05) is 63.7 Å². The number of hydrogen-bond donors (Lipinski definition) is 0. The fourth-order valence-corrected chi connectivity index (χ4v) is 14.2. The van der Waals surface area contributed by atoms with Gasteiger partial charge >= 0.3 is 0 Å². The highest BCUT2D eigenvalue weighted by Crippen LogP contribution is 2.58. The molecular formula is C71H44N6S. The number of nitrogens with zero attached hydrogens (tertiary/aromatic N) is 6.